The largest absolute Gasteiger partial charge is 0.463 e. The summed E-state index contributed by atoms with van der Waals surface area (Å²) >= 11 is 0. The van der Waals surface area contributed by atoms with Crippen molar-refractivity contribution < 1.29 is 33.7 Å². The molecular formula is C31H57NO7. The zero-order chi connectivity index (χ0) is 29.6. The van der Waals surface area contributed by atoms with Crippen LogP contribution in [0.1, 0.15) is 131 Å². The van der Waals surface area contributed by atoms with E-state index in [1.165, 1.54) is 57.8 Å². The molecule has 0 bridgehead atoms. The Morgan fingerprint density at radius 1 is 0.846 bits per heavy atom. The van der Waals surface area contributed by atoms with Crippen LogP contribution in [-0.2, 0) is 28.6 Å². The number of carbonyl (C=O) groups excluding carboxylic acids is 3. The number of amides is 1. The molecule has 0 saturated heterocycles. The lowest BCUT2D eigenvalue weighted by molar-refractivity contribution is -0.169. The molecule has 8 heteroatoms. The summed E-state index contributed by atoms with van der Waals surface area (Å²) in [4.78, 5) is 35.2. The van der Waals surface area contributed by atoms with E-state index >= 15 is 0 Å². The number of esters is 2. The molecule has 8 nitrogen and oxygen atoms in total. The smallest absolute Gasteiger partial charge is 0.306 e. The molecule has 0 radical (unpaired) electrons. The average molecular weight is 556 g/mol. The van der Waals surface area contributed by atoms with E-state index in [9.17, 15) is 19.5 Å². The first kappa shape index (κ1) is 37.1. The molecule has 0 heterocycles. The average Bonchev–Trinajstić information content (AvgIpc) is 2.86. The highest BCUT2D eigenvalue weighted by Gasteiger charge is 2.26. The van der Waals surface area contributed by atoms with Gasteiger partial charge in [0.25, 0.3) is 0 Å². The summed E-state index contributed by atoms with van der Waals surface area (Å²) < 4.78 is 16.3. The zero-order valence-electron chi connectivity index (χ0n) is 25.6. The van der Waals surface area contributed by atoms with Crippen molar-refractivity contribution in [3.63, 3.8) is 0 Å². The number of rotatable bonds is 24. The molecule has 0 spiro atoms. The maximum absolute atomic E-state index is 12.1. The molecule has 0 aromatic carbocycles. The Morgan fingerprint density at radius 3 is 1.92 bits per heavy atom. The molecule has 1 amide bonds. The van der Waals surface area contributed by atoms with E-state index < -0.39 is 29.7 Å². The minimum atomic E-state index is -0.982. The van der Waals surface area contributed by atoms with Gasteiger partial charge >= 0.3 is 11.9 Å². The number of unbranched alkanes of at least 4 members (excludes halogenated alkanes) is 11. The zero-order valence-corrected chi connectivity index (χ0v) is 25.6. The Kier molecular flexibility index (Phi) is 20.8. The fourth-order valence-electron chi connectivity index (χ4n) is 3.87. The van der Waals surface area contributed by atoms with Gasteiger partial charge in [-0.3, -0.25) is 14.4 Å². The molecule has 0 aromatic heterocycles. The highest BCUT2D eigenvalue weighted by molar-refractivity contribution is 5.77. The molecule has 39 heavy (non-hydrogen) atoms. The molecule has 0 saturated carbocycles. The van der Waals surface area contributed by atoms with Crippen LogP contribution in [0, 0.1) is 0 Å². The van der Waals surface area contributed by atoms with Crippen LogP contribution >= 0.6 is 0 Å². The number of aliphatic hydroxyl groups excluding tert-OH is 1. The van der Waals surface area contributed by atoms with Crippen LogP contribution in [0.15, 0.2) is 12.2 Å². The molecule has 0 aliphatic carbocycles. The molecule has 0 aliphatic rings. The van der Waals surface area contributed by atoms with Crippen molar-refractivity contribution in [2.24, 2.45) is 0 Å². The molecule has 0 aromatic rings. The quantitative estimate of drug-likeness (QED) is 0.0633. The lowest BCUT2D eigenvalue weighted by Crippen LogP contribution is -2.42. The molecule has 228 valence electrons. The molecule has 0 aliphatic heterocycles. The highest BCUT2D eigenvalue weighted by Crippen LogP contribution is 2.17. The van der Waals surface area contributed by atoms with Crippen LogP contribution in [0.5, 0.6) is 0 Å². The maximum atomic E-state index is 12.1. The van der Waals surface area contributed by atoms with Gasteiger partial charge < -0.3 is 24.6 Å². The first-order valence-electron chi connectivity index (χ1n) is 15.0. The Labute approximate surface area is 237 Å². The van der Waals surface area contributed by atoms with Gasteiger partial charge in [-0.15, -0.1) is 0 Å². The maximum Gasteiger partial charge on any atom is 0.306 e. The number of aliphatic hydroxyl groups is 1. The number of nitrogens with one attached hydrogen (secondary N) is 1. The van der Waals surface area contributed by atoms with E-state index in [0.29, 0.717) is 6.41 Å². The lowest BCUT2D eigenvalue weighted by Gasteiger charge is -2.29. The first-order chi connectivity index (χ1) is 18.4. The van der Waals surface area contributed by atoms with E-state index in [1.54, 1.807) is 19.9 Å². The number of ether oxygens (including phenoxy) is 3. The van der Waals surface area contributed by atoms with Crippen molar-refractivity contribution in [2.45, 2.75) is 155 Å². The van der Waals surface area contributed by atoms with Crippen LogP contribution < -0.4 is 5.32 Å². The summed E-state index contributed by atoms with van der Waals surface area (Å²) in [5.41, 5.74) is -1.18. The Bertz CT molecular complexity index is 685. The molecule has 2 atom stereocenters. The van der Waals surface area contributed by atoms with Crippen molar-refractivity contribution in [3.05, 3.63) is 12.2 Å². The minimum Gasteiger partial charge on any atom is -0.463 e. The summed E-state index contributed by atoms with van der Waals surface area (Å²) in [6, 6.07) is -0.763. The van der Waals surface area contributed by atoms with E-state index in [0.717, 1.165) is 19.3 Å². The number of hydrogen-bond acceptors (Lipinski definition) is 7. The van der Waals surface area contributed by atoms with Crippen LogP contribution in [0.2, 0.25) is 0 Å². The van der Waals surface area contributed by atoms with E-state index in [4.69, 9.17) is 14.2 Å². The van der Waals surface area contributed by atoms with Crippen molar-refractivity contribution in [2.75, 3.05) is 13.2 Å². The van der Waals surface area contributed by atoms with Gasteiger partial charge in [-0.1, -0.05) is 83.3 Å². The van der Waals surface area contributed by atoms with E-state index in [2.05, 4.69) is 12.2 Å². The standard InChI is InChI=1S/C31H57NO7/c1-7-8-9-10-11-12-13-14-15-16-17-18-19-20-27(34)26(32-25-33)23-37-28(35)21-22-29(36)39-31(5,6)24-38-30(2,3)4/h19-20,25-27,34H,7-18,21-24H2,1-6H3,(H,32,33)/b20-19+/t26-,27+/m0/s1. The molecule has 2 N–H and O–H groups in total. The molecule has 0 rings (SSSR count). The molecule has 0 unspecified atom stereocenters. The second kappa shape index (κ2) is 21.8. The predicted molar refractivity (Wildman–Crippen MR) is 155 cm³/mol. The van der Waals surface area contributed by atoms with Crippen LogP contribution in [0.3, 0.4) is 0 Å². The summed E-state index contributed by atoms with van der Waals surface area (Å²) in [5.74, 6) is -1.13. The second-order valence-corrected chi connectivity index (χ2v) is 12.0. The Morgan fingerprint density at radius 2 is 1.38 bits per heavy atom. The van der Waals surface area contributed by atoms with Gasteiger partial charge in [0.1, 0.15) is 12.2 Å². The third-order valence-electron chi connectivity index (χ3n) is 6.20. The molecule has 0 fully saturated rings. The molecular weight excluding hydrogens is 498 g/mol. The van der Waals surface area contributed by atoms with Gasteiger partial charge in [0.05, 0.1) is 37.2 Å². The summed E-state index contributed by atoms with van der Waals surface area (Å²) in [7, 11) is 0. The SMILES string of the molecule is CCCCCCCCCCCCC/C=C/[C@@H](O)[C@H](COC(=O)CCC(=O)OC(C)(C)COC(C)(C)C)NC=O. The Hall–Kier alpha value is -1.93. The number of carbonyl (C=O) groups is 3. The van der Waals surface area contributed by atoms with E-state index in [1.807, 2.05) is 26.8 Å². The summed E-state index contributed by atoms with van der Waals surface area (Å²) in [6.07, 6.45) is 17.7. The topological polar surface area (TPSA) is 111 Å². The predicted octanol–water partition coefficient (Wildman–Crippen LogP) is 6.18. The van der Waals surface area contributed by atoms with Crippen LogP contribution in [0.4, 0.5) is 0 Å². The fraction of sp³-hybridized carbons (Fsp3) is 0.839. The van der Waals surface area contributed by atoms with Crippen molar-refractivity contribution in [1.29, 1.82) is 0 Å². The van der Waals surface area contributed by atoms with Gasteiger partial charge in [-0.25, -0.2) is 0 Å². The summed E-state index contributed by atoms with van der Waals surface area (Å²) in [5, 5.41) is 12.9. The third-order valence-corrected chi connectivity index (χ3v) is 6.20. The van der Waals surface area contributed by atoms with Crippen molar-refractivity contribution >= 4 is 18.3 Å². The van der Waals surface area contributed by atoms with Gasteiger partial charge in [-0.2, -0.15) is 0 Å². The fourth-order valence-corrected chi connectivity index (χ4v) is 3.87. The van der Waals surface area contributed by atoms with Gasteiger partial charge in [-0.05, 0) is 47.5 Å². The van der Waals surface area contributed by atoms with Gasteiger partial charge in [0.15, 0.2) is 0 Å². The highest BCUT2D eigenvalue weighted by atomic mass is 16.6. The van der Waals surface area contributed by atoms with Gasteiger partial charge in [0.2, 0.25) is 6.41 Å². The van der Waals surface area contributed by atoms with Crippen LogP contribution in [-0.4, -0.2) is 60.0 Å². The number of allylic oxidation sites excluding steroid dienone is 1. The number of hydrogen-bond donors (Lipinski definition) is 2. The van der Waals surface area contributed by atoms with Crippen LogP contribution in [0.25, 0.3) is 0 Å². The third kappa shape index (κ3) is 23.7. The second-order valence-electron chi connectivity index (χ2n) is 12.0. The summed E-state index contributed by atoms with van der Waals surface area (Å²) in [6.45, 7) is 11.5. The normalized spacial score (nSPS) is 13.7. The minimum absolute atomic E-state index is 0.134. The van der Waals surface area contributed by atoms with E-state index in [-0.39, 0.29) is 31.7 Å². The van der Waals surface area contributed by atoms with Crippen molar-refractivity contribution in [3.8, 4) is 0 Å². The first-order valence-corrected chi connectivity index (χ1v) is 15.0. The van der Waals surface area contributed by atoms with Gasteiger partial charge in [0, 0.05) is 0 Å². The lowest BCUT2D eigenvalue weighted by atomic mass is 10.0. The Balaban J connectivity index is 4.14. The van der Waals surface area contributed by atoms with Crippen molar-refractivity contribution in [1.82, 2.24) is 5.32 Å². The monoisotopic (exact) mass is 555 g/mol.